The van der Waals surface area contributed by atoms with Crippen molar-refractivity contribution in [3.05, 3.63) is 77.5 Å². The van der Waals surface area contributed by atoms with Crippen LogP contribution in [0.5, 0.6) is 6.01 Å². The van der Waals surface area contributed by atoms with Crippen LogP contribution in [0.25, 0.3) is 0 Å². The van der Waals surface area contributed by atoms with Gasteiger partial charge in [0.25, 0.3) is 0 Å². The molecule has 31 heavy (non-hydrogen) atoms. The normalized spacial score (nSPS) is 11.4. The Hall–Kier alpha value is -3.09. The predicted molar refractivity (Wildman–Crippen MR) is 115 cm³/mol. The van der Waals surface area contributed by atoms with Gasteiger partial charge >= 0.3 is 12.2 Å². The van der Waals surface area contributed by atoms with Gasteiger partial charge in [0, 0.05) is 11.9 Å². The summed E-state index contributed by atoms with van der Waals surface area (Å²) in [5.41, 5.74) is 1.51. The van der Waals surface area contributed by atoms with Gasteiger partial charge in [-0.05, 0) is 30.0 Å². The van der Waals surface area contributed by atoms with Crippen LogP contribution < -0.4 is 10.1 Å². The molecule has 0 saturated carbocycles. The minimum atomic E-state index is -4.59. The van der Waals surface area contributed by atoms with Crippen LogP contribution in [0.3, 0.4) is 0 Å². The number of para-hydroxylation sites is 1. The van der Waals surface area contributed by atoms with Crippen molar-refractivity contribution in [3.63, 3.8) is 0 Å². The fourth-order valence-corrected chi connectivity index (χ4v) is 3.19. The van der Waals surface area contributed by atoms with Crippen LogP contribution in [0.4, 0.5) is 24.7 Å². The summed E-state index contributed by atoms with van der Waals surface area (Å²) in [4.78, 5) is 7.80. The monoisotopic (exact) mass is 429 g/mol. The van der Waals surface area contributed by atoms with Gasteiger partial charge in [-0.3, -0.25) is 0 Å². The topological polar surface area (TPSA) is 47.0 Å². The standard InChI is InChI=1S/C24H26F3N3O/c1-2-3-4-8-13-19-14-9-10-15-21(19)29-22-20(24(25,26)27)16-28-23(30-22)31-17-18-11-6-5-7-12-18/h5-7,9-12,14-16H,2-4,8,13,17H2,1H3,(H,28,29,30). The van der Waals surface area contributed by atoms with E-state index in [-0.39, 0.29) is 18.4 Å². The fourth-order valence-electron chi connectivity index (χ4n) is 3.19. The molecule has 1 aromatic heterocycles. The maximum atomic E-state index is 13.6. The molecular weight excluding hydrogens is 403 g/mol. The SMILES string of the molecule is CCCCCCc1ccccc1Nc1nc(OCc2ccccc2)ncc1C(F)(F)F. The van der Waals surface area contributed by atoms with Crippen LogP contribution in [0.1, 0.15) is 49.3 Å². The summed E-state index contributed by atoms with van der Waals surface area (Å²) in [6.45, 7) is 2.31. The van der Waals surface area contributed by atoms with E-state index >= 15 is 0 Å². The van der Waals surface area contributed by atoms with E-state index in [2.05, 4.69) is 22.2 Å². The van der Waals surface area contributed by atoms with Gasteiger partial charge in [0.05, 0.1) is 0 Å². The van der Waals surface area contributed by atoms with Crippen LogP contribution in [0.15, 0.2) is 60.8 Å². The van der Waals surface area contributed by atoms with E-state index in [0.29, 0.717) is 5.69 Å². The molecule has 164 valence electrons. The first-order chi connectivity index (χ1) is 15.0. The van der Waals surface area contributed by atoms with Gasteiger partial charge < -0.3 is 10.1 Å². The third-order valence-electron chi connectivity index (χ3n) is 4.85. The summed E-state index contributed by atoms with van der Waals surface area (Å²) in [7, 11) is 0. The molecule has 0 atom stereocenters. The molecule has 0 bridgehead atoms. The van der Waals surface area contributed by atoms with Gasteiger partial charge in [-0.2, -0.15) is 18.2 Å². The van der Waals surface area contributed by atoms with Crippen molar-refractivity contribution in [2.24, 2.45) is 0 Å². The minimum Gasteiger partial charge on any atom is -0.459 e. The van der Waals surface area contributed by atoms with E-state index in [1.807, 2.05) is 42.5 Å². The highest BCUT2D eigenvalue weighted by atomic mass is 19.4. The molecule has 0 radical (unpaired) electrons. The Morgan fingerprint density at radius 2 is 1.68 bits per heavy atom. The summed E-state index contributed by atoms with van der Waals surface area (Å²) in [5.74, 6) is -0.313. The van der Waals surface area contributed by atoms with Gasteiger partial charge in [0.15, 0.2) is 0 Å². The quantitative estimate of drug-likeness (QED) is 0.355. The first-order valence-electron chi connectivity index (χ1n) is 10.4. The van der Waals surface area contributed by atoms with E-state index in [4.69, 9.17) is 4.74 Å². The molecule has 4 nitrogen and oxygen atoms in total. The molecule has 0 amide bonds. The van der Waals surface area contributed by atoms with E-state index in [1.165, 1.54) is 0 Å². The molecule has 0 spiro atoms. The summed E-state index contributed by atoms with van der Waals surface area (Å²) in [6.07, 6.45) is 1.30. The van der Waals surface area contributed by atoms with E-state index in [9.17, 15) is 13.2 Å². The van der Waals surface area contributed by atoms with Crippen LogP contribution in [0, 0.1) is 0 Å². The molecular formula is C24H26F3N3O. The Balaban J connectivity index is 1.81. The average molecular weight is 429 g/mol. The second kappa shape index (κ2) is 10.8. The van der Waals surface area contributed by atoms with E-state index in [1.54, 1.807) is 12.1 Å². The summed E-state index contributed by atoms with van der Waals surface area (Å²) in [6, 6.07) is 16.6. The van der Waals surface area contributed by atoms with E-state index in [0.717, 1.165) is 49.4 Å². The Kier molecular flexibility index (Phi) is 7.87. The Morgan fingerprint density at radius 3 is 2.42 bits per heavy atom. The molecule has 0 aliphatic heterocycles. The molecule has 7 heteroatoms. The zero-order valence-corrected chi connectivity index (χ0v) is 17.5. The highest BCUT2D eigenvalue weighted by Gasteiger charge is 2.35. The van der Waals surface area contributed by atoms with Crippen molar-refractivity contribution in [2.45, 2.75) is 51.8 Å². The predicted octanol–water partition coefficient (Wildman–Crippen LogP) is 6.94. The lowest BCUT2D eigenvalue weighted by molar-refractivity contribution is -0.137. The molecule has 3 rings (SSSR count). The van der Waals surface area contributed by atoms with Gasteiger partial charge in [0.2, 0.25) is 0 Å². The van der Waals surface area contributed by atoms with Crippen molar-refractivity contribution in [2.75, 3.05) is 5.32 Å². The van der Waals surface area contributed by atoms with Gasteiger partial charge in [-0.25, -0.2) is 4.98 Å². The Labute approximate surface area is 180 Å². The number of nitrogens with zero attached hydrogens (tertiary/aromatic N) is 2. The number of unbranched alkanes of at least 4 members (excludes halogenated alkanes) is 3. The number of ether oxygens (including phenoxy) is 1. The van der Waals surface area contributed by atoms with Crippen molar-refractivity contribution < 1.29 is 17.9 Å². The maximum Gasteiger partial charge on any atom is 0.421 e. The number of alkyl halides is 3. The second-order valence-electron chi connectivity index (χ2n) is 7.28. The van der Waals surface area contributed by atoms with Crippen LogP contribution >= 0.6 is 0 Å². The van der Waals surface area contributed by atoms with Crippen LogP contribution in [-0.2, 0) is 19.2 Å². The smallest absolute Gasteiger partial charge is 0.421 e. The summed E-state index contributed by atoms with van der Waals surface area (Å²) >= 11 is 0. The molecule has 0 unspecified atom stereocenters. The third-order valence-corrected chi connectivity index (χ3v) is 4.85. The minimum absolute atomic E-state index is 0.111. The van der Waals surface area contributed by atoms with Crippen molar-refractivity contribution in [1.82, 2.24) is 9.97 Å². The first kappa shape index (κ1) is 22.6. The molecule has 1 N–H and O–H groups in total. The molecule has 0 aliphatic carbocycles. The maximum absolute atomic E-state index is 13.6. The third kappa shape index (κ3) is 6.70. The number of hydrogen-bond acceptors (Lipinski definition) is 4. The van der Waals surface area contributed by atoms with Crippen molar-refractivity contribution >= 4 is 11.5 Å². The Bertz CT molecular complexity index is 962. The number of anilines is 2. The second-order valence-corrected chi connectivity index (χ2v) is 7.28. The number of hydrogen-bond donors (Lipinski definition) is 1. The van der Waals surface area contributed by atoms with Crippen molar-refractivity contribution in [1.29, 1.82) is 0 Å². The van der Waals surface area contributed by atoms with Gasteiger partial charge in [0.1, 0.15) is 18.0 Å². The lowest BCUT2D eigenvalue weighted by atomic mass is 10.0. The van der Waals surface area contributed by atoms with Gasteiger partial charge in [-0.15, -0.1) is 0 Å². The molecule has 2 aromatic carbocycles. The number of aromatic nitrogens is 2. The number of halogens is 3. The number of rotatable bonds is 10. The number of benzene rings is 2. The first-order valence-corrected chi connectivity index (χ1v) is 10.4. The van der Waals surface area contributed by atoms with Gasteiger partial charge in [-0.1, -0.05) is 74.7 Å². The molecule has 0 fully saturated rings. The molecule has 0 aliphatic rings. The highest BCUT2D eigenvalue weighted by Crippen LogP contribution is 2.36. The number of aryl methyl sites for hydroxylation is 1. The molecule has 3 aromatic rings. The average Bonchev–Trinajstić information content (AvgIpc) is 2.76. The summed E-state index contributed by atoms with van der Waals surface area (Å²) < 4.78 is 46.2. The molecule has 1 heterocycles. The lowest BCUT2D eigenvalue weighted by Crippen LogP contribution is -2.13. The summed E-state index contributed by atoms with van der Waals surface area (Å²) in [5, 5.41) is 2.88. The van der Waals surface area contributed by atoms with E-state index < -0.39 is 11.7 Å². The van der Waals surface area contributed by atoms with Crippen LogP contribution in [0.2, 0.25) is 0 Å². The van der Waals surface area contributed by atoms with Crippen molar-refractivity contribution in [3.8, 4) is 6.01 Å². The fraction of sp³-hybridized carbons (Fsp3) is 0.333. The number of nitrogens with one attached hydrogen (secondary N) is 1. The highest BCUT2D eigenvalue weighted by molar-refractivity contribution is 5.63. The van der Waals surface area contributed by atoms with Crippen LogP contribution in [-0.4, -0.2) is 9.97 Å². The zero-order valence-electron chi connectivity index (χ0n) is 17.5. The largest absolute Gasteiger partial charge is 0.459 e. The Morgan fingerprint density at radius 1 is 0.935 bits per heavy atom. The zero-order chi connectivity index (χ0) is 22.1. The molecule has 0 saturated heterocycles. The lowest BCUT2D eigenvalue weighted by Gasteiger charge is -2.16.